The third-order valence-electron chi connectivity index (χ3n) is 3.50. The molecule has 0 radical (unpaired) electrons. The number of Topliss-reactive ketones (excluding diaryl/α,β-unsaturated/α-hetero) is 1. The van der Waals surface area contributed by atoms with Crippen LogP contribution in [0, 0.1) is 6.92 Å². The lowest BCUT2D eigenvalue weighted by Crippen LogP contribution is -2.10. The van der Waals surface area contributed by atoms with E-state index in [0.29, 0.717) is 6.54 Å². The molecule has 0 atom stereocenters. The number of aromatic nitrogens is 1. The maximum Gasteiger partial charge on any atom is 0.182 e. The van der Waals surface area contributed by atoms with E-state index in [-0.39, 0.29) is 5.78 Å². The van der Waals surface area contributed by atoms with Crippen LogP contribution in [-0.4, -0.2) is 10.4 Å². The normalized spacial score (nSPS) is 10.9. The first-order chi connectivity index (χ1) is 9.66. The van der Waals surface area contributed by atoms with Crippen LogP contribution in [0.25, 0.3) is 10.9 Å². The smallest absolute Gasteiger partial charge is 0.182 e. The number of ketones is 1. The Bertz CT molecular complexity index is 789. The molecule has 0 unspecified atom stereocenters. The Hall–Kier alpha value is -1.87. The van der Waals surface area contributed by atoms with Gasteiger partial charge in [-0.25, -0.2) is 0 Å². The van der Waals surface area contributed by atoms with E-state index in [0.717, 1.165) is 26.5 Å². The number of fused-ring (bicyclic) bond motifs is 1. The molecule has 0 aliphatic rings. The van der Waals surface area contributed by atoms with Gasteiger partial charge >= 0.3 is 0 Å². The van der Waals surface area contributed by atoms with E-state index in [4.69, 9.17) is 0 Å². The number of hydrogen-bond donors (Lipinski definition) is 0. The summed E-state index contributed by atoms with van der Waals surface area (Å²) in [5.41, 5.74) is 2.88. The predicted octanol–water partition coefficient (Wildman–Crippen LogP) is 4.60. The zero-order chi connectivity index (χ0) is 14.1. The molecule has 20 heavy (non-hydrogen) atoms. The summed E-state index contributed by atoms with van der Waals surface area (Å²) in [6.45, 7) is 2.33. The molecule has 0 amide bonds. The van der Waals surface area contributed by atoms with Gasteiger partial charge in [0, 0.05) is 27.1 Å². The summed E-state index contributed by atoms with van der Waals surface area (Å²) in [4.78, 5) is 12.5. The highest BCUT2D eigenvalue weighted by atomic mass is 79.9. The third-order valence-corrected chi connectivity index (χ3v) is 4.13. The molecular weight excluding hydrogens is 314 g/mol. The number of carbonyl (C=O) groups is 1. The molecule has 100 valence electrons. The maximum atomic E-state index is 12.5. The molecule has 1 heterocycles. The van der Waals surface area contributed by atoms with Crippen molar-refractivity contribution in [3.05, 3.63) is 70.3 Å². The number of carbonyl (C=O) groups excluding carboxylic acids is 1. The Kier molecular flexibility index (Phi) is 3.45. The minimum atomic E-state index is 0.136. The van der Waals surface area contributed by atoms with Crippen LogP contribution < -0.4 is 0 Å². The molecule has 0 spiro atoms. The predicted molar refractivity (Wildman–Crippen MR) is 85.1 cm³/mol. The molecule has 3 aromatic rings. The number of hydrogen-bond acceptors (Lipinski definition) is 1. The maximum absolute atomic E-state index is 12.5. The zero-order valence-corrected chi connectivity index (χ0v) is 12.7. The van der Waals surface area contributed by atoms with Crippen molar-refractivity contribution in [3.8, 4) is 0 Å². The number of halogens is 1. The van der Waals surface area contributed by atoms with Crippen molar-refractivity contribution in [2.24, 2.45) is 0 Å². The summed E-state index contributed by atoms with van der Waals surface area (Å²) in [6, 6.07) is 15.8. The average Bonchev–Trinajstić information content (AvgIpc) is 2.76. The van der Waals surface area contributed by atoms with Crippen LogP contribution in [0.3, 0.4) is 0 Å². The van der Waals surface area contributed by atoms with E-state index in [1.165, 1.54) is 0 Å². The van der Waals surface area contributed by atoms with Crippen molar-refractivity contribution in [1.82, 2.24) is 4.57 Å². The summed E-state index contributed by atoms with van der Waals surface area (Å²) in [7, 11) is 0. The number of aryl methyl sites for hydroxylation is 1. The lowest BCUT2D eigenvalue weighted by Gasteiger charge is -2.07. The van der Waals surface area contributed by atoms with Gasteiger partial charge in [-0.1, -0.05) is 42.5 Å². The first-order valence-corrected chi connectivity index (χ1v) is 7.28. The van der Waals surface area contributed by atoms with Crippen molar-refractivity contribution in [3.63, 3.8) is 0 Å². The fourth-order valence-corrected chi connectivity index (χ4v) is 3.04. The summed E-state index contributed by atoms with van der Waals surface area (Å²) in [6.07, 6.45) is 1.97. The largest absolute Gasteiger partial charge is 0.338 e. The van der Waals surface area contributed by atoms with Crippen molar-refractivity contribution in [1.29, 1.82) is 0 Å². The fraction of sp³-hybridized carbons (Fsp3) is 0.118. The van der Waals surface area contributed by atoms with Crippen LogP contribution in [0.4, 0.5) is 0 Å². The van der Waals surface area contributed by atoms with Crippen molar-refractivity contribution < 1.29 is 4.79 Å². The standard InChI is InChI=1S/C17H14BrNO/c1-12-6-2-3-7-13(12)17(20)11-19-10-15(18)14-8-4-5-9-16(14)19/h2-10H,11H2,1H3. The molecule has 0 N–H and O–H groups in total. The van der Waals surface area contributed by atoms with Gasteiger partial charge in [0.1, 0.15) is 0 Å². The highest BCUT2D eigenvalue weighted by molar-refractivity contribution is 9.10. The third kappa shape index (κ3) is 2.29. The molecule has 3 rings (SSSR count). The summed E-state index contributed by atoms with van der Waals surface area (Å²) in [5.74, 6) is 0.136. The lowest BCUT2D eigenvalue weighted by atomic mass is 10.1. The van der Waals surface area contributed by atoms with Crippen LogP contribution in [0.1, 0.15) is 15.9 Å². The van der Waals surface area contributed by atoms with E-state index in [9.17, 15) is 4.79 Å². The zero-order valence-electron chi connectivity index (χ0n) is 11.1. The molecule has 0 aliphatic carbocycles. The minimum absolute atomic E-state index is 0.136. The number of para-hydroxylation sites is 1. The van der Waals surface area contributed by atoms with Crippen molar-refractivity contribution in [2.75, 3.05) is 0 Å². The average molecular weight is 328 g/mol. The number of benzene rings is 2. The van der Waals surface area contributed by atoms with E-state index in [1.54, 1.807) is 0 Å². The second kappa shape index (κ2) is 5.25. The number of rotatable bonds is 3. The van der Waals surface area contributed by atoms with Crippen LogP contribution in [0.5, 0.6) is 0 Å². The van der Waals surface area contributed by atoms with E-state index in [2.05, 4.69) is 15.9 Å². The van der Waals surface area contributed by atoms with Gasteiger partial charge in [0.25, 0.3) is 0 Å². The van der Waals surface area contributed by atoms with Crippen LogP contribution >= 0.6 is 15.9 Å². The lowest BCUT2D eigenvalue weighted by molar-refractivity contribution is 0.0973. The monoisotopic (exact) mass is 327 g/mol. The SMILES string of the molecule is Cc1ccccc1C(=O)Cn1cc(Br)c2ccccc21. The molecule has 3 heteroatoms. The Labute approximate surface area is 126 Å². The fourth-order valence-electron chi connectivity index (χ4n) is 2.46. The van der Waals surface area contributed by atoms with Gasteiger partial charge in [0.05, 0.1) is 6.54 Å². The van der Waals surface area contributed by atoms with Gasteiger partial charge in [-0.15, -0.1) is 0 Å². The molecule has 0 saturated carbocycles. The topological polar surface area (TPSA) is 22.0 Å². The van der Waals surface area contributed by atoms with Gasteiger partial charge in [-0.05, 0) is 34.5 Å². The van der Waals surface area contributed by atoms with E-state index < -0.39 is 0 Å². The Morgan fingerprint density at radius 1 is 1.10 bits per heavy atom. The summed E-state index contributed by atoms with van der Waals surface area (Å²) >= 11 is 3.55. The molecular formula is C17H14BrNO. The molecule has 0 bridgehead atoms. The highest BCUT2D eigenvalue weighted by Gasteiger charge is 2.12. The Balaban J connectivity index is 1.98. The van der Waals surface area contributed by atoms with Gasteiger partial charge < -0.3 is 4.57 Å². The quantitative estimate of drug-likeness (QED) is 0.644. The summed E-state index contributed by atoms with van der Waals surface area (Å²) < 4.78 is 3.01. The first kappa shape index (κ1) is 13.1. The second-order valence-corrected chi connectivity index (χ2v) is 5.71. The Morgan fingerprint density at radius 2 is 1.80 bits per heavy atom. The van der Waals surface area contributed by atoms with E-state index >= 15 is 0 Å². The summed E-state index contributed by atoms with van der Waals surface area (Å²) in [5, 5.41) is 1.13. The van der Waals surface area contributed by atoms with Crippen molar-refractivity contribution >= 4 is 32.6 Å². The second-order valence-electron chi connectivity index (χ2n) is 4.86. The van der Waals surface area contributed by atoms with Gasteiger partial charge in [-0.2, -0.15) is 0 Å². The van der Waals surface area contributed by atoms with Crippen LogP contribution in [0.15, 0.2) is 59.2 Å². The minimum Gasteiger partial charge on any atom is -0.338 e. The van der Waals surface area contributed by atoms with Gasteiger partial charge in [-0.3, -0.25) is 4.79 Å². The Morgan fingerprint density at radius 3 is 2.60 bits per heavy atom. The first-order valence-electron chi connectivity index (χ1n) is 6.49. The van der Waals surface area contributed by atoms with Crippen LogP contribution in [0.2, 0.25) is 0 Å². The van der Waals surface area contributed by atoms with Crippen LogP contribution in [-0.2, 0) is 6.54 Å². The van der Waals surface area contributed by atoms with E-state index in [1.807, 2.05) is 66.2 Å². The number of nitrogens with zero attached hydrogens (tertiary/aromatic N) is 1. The molecule has 2 aromatic carbocycles. The molecule has 0 saturated heterocycles. The molecule has 0 aliphatic heterocycles. The molecule has 2 nitrogen and oxygen atoms in total. The molecule has 0 fully saturated rings. The van der Waals surface area contributed by atoms with Gasteiger partial charge in [0.2, 0.25) is 0 Å². The molecule has 1 aromatic heterocycles. The highest BCUT2D eigenvalue weighted by Crippen LogP contribution is 2.26. The van der Waals surface area contributed by atoms with Gasteiger partial charge in [0.15, 0.2) is 5.78 Å². The van der Waals surface area contributed by atoms with Crippen molar-refractivity contribution in [2.45, 2.75) is 13.5 Å².